The molecule has 2 nitrogen and oxygen atoms in total. The Balaban J connectivity index is 1.90. The fourth-order valence-electron chi connectivity index (χ4n) is 2.82. The molecular weight excluding hydrogens is 304 g/mol. The number of rotatable bonds is 2. The number of carbonyl (C=O) groups is 1. The van der Waals surface area contributed by atoms with Crippen molar-refractivity contribution in [2.24, 2.45) is 0 Å². The fourth-order valence-corrected chi connectivity index (χ4v) is 5.53. The molecule has 0 atom stereocenters. The molecule has 0 spiro atoms. The summed E-state index contributed by atoms with van der Waals surface area (Å²) in [6, 6.07) is 18.5. The zero-order valence-electron chi connectivity index (χ0n) is 12.0. The van der Waals surface area contributed by atoms with Gasteiger partial charge >= 0.3 is 0 Å². The van der Waals surface area contributed by atoms with Gasteiger partial charge in [0.2, 0.25) is 0 Å². The Hall–Kier alpha value is -2.18. The summed E-state index contributed by atoms with van der Waals surface area (Å²) in [5.41, 5.74) is 3.09. The van der Waals surface area contributed by atoms with Crippen LogP contribution in [0, 0.1) is 0 Å². The van der Waals surface area contributed by atoms with Crippen LogP contribution in [0.5, 0.6) is 5.75 Å². The lowest BCUT2D eigenvalue weighted by Gasteiger charge is -2.10. The largest absolute Gasteiger partial charge is 0.545 e. The molecule has 0 saturated carbocycles. The highest BCUT2D eigenvalue weighted by molar-refractivity contribution is 7.07. The summed E-state index contributed by atoms with van der Waals surface area (Å²) in [7, 11) is 1.30. The van der Waals surface area contributed by atoms with Gasteiger partial charge in [-0.1, -0.05) is 48.5 Å². The van der Waals surface area contributed by atoms with Crippen LogP contribution in [0.1, 0.15) is 17.3 Å². The van der Waals surface area contributed by atoms with Gasteiger partial charge in [-0.15, -0.1) is 0 Å². The van der Waals surface area contributed by atoms with Crippen molar-refractivity contribution in [2.75, 3.05) is 0 Å². The molecule has 0 aromatic heterocycles. The molecule has 4 radical (unpaired) electrons. The number of hydrogen-bond donors (Lipinski definition) is 0. The van der Waals surface area contributed by atoms with Crippen molar-refractivity contribution in [1.82, 2.24) is 0 Å². The maximum atomic E-state index is 11.4. The lowest BCUT2D eigenvalue weighted by atomic mass is 9.97. The molecule has 1 aliphatic rings. The maximum absolute atomic E-state index is 11.4. The second-order valence-electron chi connectivity index (χ2n) is 5.30. The van der Waals surface area contributed by atoms with E-state index in [-0.39, 0.29) is 5.78 Å². The van der Waals surface area contributed by atoms with Crippen molar-refractivity contribution in [2.45, 2.75) is 6.92 Å². The van der Waals surface area contributed by atoms with Crippen LogP contribution in [-0.4, -0.2) is 24.1 Å². The van der Waals surface area contributed by atoms with Crippen molar-refractivity contribution in [3.63, 3.8) is 0 Å². The fraction of sp³-hybridized carbons (Fsp3) is 0.0556. The van der Waals surface area contributed by atoms with E-state index in [4.69, 9.17) is 4.43 Å². The molecule has 0 fully saturated rings. The predicted molar refractivity (Wildman–Crippen MR) is 91.2 cm³/mol. The zero-order chi connectivity index (χ0) is 15.1. The van der Waals surface area contributed by atoms with Crippen molar-refractivity contribution in [1.29, 1.82) is 0 Å². The minimum Gasteiger partial charge on any atom is -0.545 e. The van der Waals surface area contributed by atoms with E-state index in [9.17, 15) is 4.79 Å². The van der Waals surface area contributed by atoms with Crippen LogP contribution in [0.3, 0.4) is 0 Å². The molecular formula is C18H12O2Si2. The third-order valence-electron chi connectivity index (χ3n) is 3.96. The second-order valence-corrected chi connectivity index (χ2v) is 7.82. The summed E-state index contributed by atoms with van der Waals surface area (Å²) >= 11 is 0. The lowest BCUT2D eigenvalue weighted by molar-refractivity contribution is 0.101. The highest BCUT2D eigenvalue weighted by atomic mass is 29.2. The minimum atomic E-state index is 0.0987. The SMILES string of the molecule is CC(=O)c1ccc(-c2cccc3c4c(ccc23)O[Si][Si]4)cc1. The number of ketones is 1. The van der Waals surface area contributed by atoms with Gasteiger partial charge in [-0.25, -0.2) is 0 Å². The smallest absolute Gasteiger partial charge is 0.289 e. The summed E-state index contributed by atoms with van der Waals surface area (Å²) in [6.45, 7) is 1.60. The van der Waals surface area contributed by atoms with Crippen LogP contribution in [-0.2, 0) is 0 Å². The Morgan fingerprint density at radius 3 is 2.55 bits per heavy atom. The number of Topliss-reactive ketones (excluding diaryl/α,β-unsaturated/α-hetero) is 1. The molecule has 3 aromatic carbocycles. The van der Waals surface area contributed by atoms with Gasteiger partial charge in [0.15, 0.2) is 5.78 Å². The van der Waals surface area contributed by atoms with Gasteiger partial charge in [0, 0.05) is 5.56 Å². The summed E-state index contributed by atoms with van der Waals surface area (Å²) in [5, 5.41) is 3.88. The van der Waals surface area contributed by atoms with Crippen molar-refractivity contribution < 1.29 is 9.22 Å². The third-order valence-corrected chi connectivity index (χ3v) is 6.51. The van der Waals surface area contributed by atoms with Gasteiger partial charge in [-0.2, -0.15) is 0 Å². The summed E-state index contributed by atoms with van der Waals surface area (Å²) < 4.78 is 5.70. The van der Waals surface area contributed by atoms with E-state index in [1.807, 2.05) is 24.3 Å². The van der Waals surface area contributed by atoms with Gasteiger partial charge in [0.05, 0.1) is 0 Å². The van der Waals surface area contributed by atoms with E-state index >= 15 is 0 Å². The molecule has 0 saturated heterocycles. The Kier molecular flexibility index (Phi) is 3.20. The average Bonchev–Trinajstić information content (AvgIpc) is 3.03. The minimum absolute atomic E-state index is 0.0987. The van der Waals surface area contributed by atoms with Crippen LogP contribution in [0.25, 0.3) is 21.9 Å². The normalized spacial score (nSPS) is 13.0. The van der Waals surface area contributed by atoms with E-state index in [2.05, 4.69) is 30.3 Å². The molecule has 104 valence electrons. The van der Waals surface area contributed by atoms with Crippen molar-refractivity contribution in [3.8, 4) is 16.9 Å². The average molecular weight is 316 g/mol. The van der Waals surface area contributed by atoms with Crippen LogP contribution >= 0.6 is 0 Å². The molecule has 0 unspecified atom stereocenters. The van der Waals surface area contributed by atoms with Gasteiger partial charge in [-0.3, -0.25) is 4.79 Å². The molecule has 22 heavy (non-hydrogen) atoms. The molecule has 0 bridgehead atoms. The van der Waals surface area contributed by atoms with Crippen LogP contribution < -0.4 is 9.61 Å². The lowest BCUT2D eigenvalue weighted by Crippen LogP contribution is -2.13. The standard InChI is InChI=1S/C18H12O2Si2/c1-11(19)12-5-7-13(8-6-12)14-3-2-4-16-15(14)9-10-17-18(16)21-22-20-17/h2-10H,1H3. The molecule has 0 N–H and O–H groups in total. The topological polar surface area (TPSA) is 26.3 Å². The molecule has 0 amide bonds. The first-order chi connectivity index (χ1) is 10.7. The van der Waals surface area contributed by atoms with Gasteiger partial charge in [-0.05, 0) is 40.1 Å². The van der Waals surface area contributed by atoms with Gasteiger partial charge in [0.25, 0.3) is 9.28 Å². The first-order valence-electron chi connectivity index (χ1n) is 7.09. The van der Waals surface area contributed by atoms with Crippen molar-refractivity contribution >= 4 is 40.1 Å². The van der Waals surface area contributed by atoms with E-state index in [0.29, 0.717) is 9.28 Å². The molecule has 0 aliphatic carbocycles. The number of benzene rings is 3. The highest BCUT2D eigenvalue weighted by Crippen LogP contribution is 2.30. The highest BCUT2D eigenvalue weighted by Gasteiger charge is 2.18. The quantitative estimate of drug-likeness (QED) is 0.537. The first kappa shape index (κ1) is 13.5. The zero-order valence-corrected chi connectivity index (χ0v) is 14.0. The number of fused-ring (bicyclic) bond motifs is 3. The number of hydrogen-bond acceptors (Lipinski definition) is 2. The van der Waals surface area contributed by atoms with Crippen LogP contribution in [0.4, 0.5) is 0 Å². The molecule has 4 rings (SSSR count). The van der Waals surface area contributed by atoms with E-state index in [1.54, 1.807) is 6.92 Å². The van der Waals surface area contributed by atoms with Gasteiger partial charge < -0.3 is 4.43 Å². The molecule has 1 aliphatic heterocycles. The van der Waals surface area contributed by atoms with Crippen molar-refractivity contribution in [3.05, 3.63) is 60.2 Å². The van der Waals surface area contributed by atoms with Crippen LogP contribution in [0.2, 0.25) is 0 Å². The Bertz CT molecular complexity index is 885. The van der Waals surface area contributed by atoms with Crippen LogP contribution in [0.15, 0.2) is 54.6 Å². The van der Waals surface area contributed by atoms with E-state index < -0.39 is 0 Å². The molecule has 3 aromatic rings. The Morgan fingerprint density at radius 1 is 0.955 bits per heavy atom. The Morgan fingerprint density at radius 2 is 1.77 bits per heavy atom. The van der Waals surface area contributed by atoms with Gasteiger partial charge in [0.1, 0.15) is 14.8 Å². The summed E-state index contributed by atoms with van der Waals surface area (Å²) in [6.07, 6.45) is 0. The molecule has 4 heteroatoms. The maximum Gasteiger partial charge on any atom is 0.289 e. The van der Waals surface area contributed by atoms with E-state index in [0.717, 1.165) is 25.9 Å². The monoisotopic (exact) mass is 316 g/mol. The first-order valence-corrected chi connectivity index (χ1v) is 10.00. The summed E-state index contributed by atoms with van der Waals surface area (Å²) in [4.78, 5) is 11.4. The second kappa shape index (κ2) is 5.23. The summed E-state index contributed by atoms with van der Waals surface area (Å²) in [5.74, 6) is 1.13. The molecule has 1 heterocycles. The third kappa shape index (κ3) is 2.12. The number of carbonyl (C=O) groups excluding carboxylic acids is 1. The Labute approximate surface area is 133 Å². The predicted octanol–water partition coefficient (Wildman–Crippen LogP) is 2.97. The van der Waals surface area contributed by atoms with E-state index in [1.165, 1.54) is 21.5 Å².